The quantitative estimate of drug-likeness (QED) is 0.566. The van der Waals surface area contributed by atoms with E-state index in [1.165, 1.54) is 0 Å². The number of aromatic nitrogens is 1. The summed E-state index contributed by atoms with van der Waals surface area (Å²) in [7, 11) is 0. The fourth-order valence-electron chi connectivity index (χ4n) is 5.67. The molecule has 8 atom stereocenters. The minimum absolute atomic E-state index is 0.0355. The molecule has 7 heteroatoms. The van der Waals surface area contributed by atoms with Gasteiger partial charge in [-0.05, 0) is 50.2 Å². The van der Waals surface area contributed by atoms with Crippen molar-refractivity contribution in [2.45, 2.75) is 70.4 Å². The van der Waals surface area contributed by atoms with Crippen LogP contribution in [-0.2, 0) is 24.0 Å². The Morgan fingerprint density at radius 1 is 1.14 bits per heavy atom. The van der Waals surface area contributed by atoms with E-state index in [-0.39, 0.29) is 11.8 Å². The summed E-state index contributed by atoms with van der Waals surface area (Å²) < 4.78 is 18.3. The van der Waals surface area contributed by atoms with E-state index in [1.807, 2.05) is 6.92 Å². The van der Waals surface area contributed by atoms with Crippen LogP contribution in [0.1, 0.15) is 56.8 Å². The van der Waals surface area contributed by atoms with Crippen molar-refractivity contribution in [3.05, 3.63) is 30.1 Å². The van der Waals surface area contributed by atoms with E-state index >= 15 is 0 Å². The molecule has 0 radical (unpaired) electrons. The third-order valence-corrected chi connectivity index (χ3v) is 7.24. The average Bonchev–Trinajstić information content (AvgIpc) is 2.92. The number of carbonyl (C=O) groups excluding carboxylic acids is 1. The Hall–Kier alpha value is -1.54. The maximum atomic E-state index is 12.6. The molecule has 5 aliphatic rings. The molecule has 0 N–H and O–H groups in total. The van der Waals surface area contributed by atoms with Crippen molar-refractivity contribution < 1.29 is 28.8 Å². The standard InChI is InChI=1S/C21H27NO6/c1-12-4-5-16-13(2)18(24-17(23)14-7-10-22-11-8-14)25-19-21(16)15(12)6-9-20(3,26-19)27-28-21/h7-8,10-13,15-16,18-19H,4-6,9H2,1-3H3/t12-,13-,15?,16?,18+,19-,20?,21-/m1/s1. The third kappa shape index (κ3) is 2.64. The lowest BCUT2D eigenvalue weighted by Crippen LogP contribution is -2.70. The number of rotatable bonds is 2. The molecule has 6 rings (SSSR count). The monoisotopic (exact) mass is 389 g/mol. The molecule has 3 unspecified atom stereocenters. The van der Waals surface area contributed by atoms with Crippen LogP contribution in [0.25, 0.3) is 0 Å². The Morgan fingerprint density at radius 3 is 2.71 bits per heavy atom. The van der Waals surface area contributed by atoms with Crippen molar-refractivity contribution in [3.63, 3.8) is 0 Å². The summed E-state index contributed by atoms with van der Waals surface area (Å²) in [5, 5.41) is 0. The van der Waals surface area contributed by atoms with Crippen LogP contribution in [0, 0.1) is 23.7 Å². The fourth-order valence-corrected chi connectivity index (χ4v) is 5.67. The fraction of sp³-hybridized carbons (Fsp3) is 0.714. The van der Waals surface area contributed by atoms with Gasteiger partial charge in [-0.3, -0.25) is 4.98 Å². The molecule has 1 aromatic heterocycles. The molecule has 5 heterocycles. The largest absolute Gasteiger partial charge is 0.432 e. The minimum Gasteiger partial charge on any atom is -0.432 e. The number of ether oxygens (including phenoxy) is 3. The molecule has 2 bridgehead atoms. The molecule has 1 aromatic rings. The summed E-state index contributed by atoms with van der Waals surface area (Å²) in [5.41, 5.74) is -0.191. The highest BCUT2D eigenvalue weighted by Gasteiger charge is 2.69. The van der Waals surface area contributed by atoms with Crippen LogP contribution in [-0.4, -0.2) is 34.9 Å². The Kier molecular flexibility index (Phi) is 4.28. The summed E-state index contributed by atoms with van der Waals surface area (Å²) in [6.07, 6.45) is 5.64. The van der Waals surface area contributed by atoms with Gasteiger partial charge in [-0.2, -0.15) is 0 Å². The molecule has 4 saturated heterocycles. The first kappa shape index (κ1) is 18.5. The predicted molar refractivity (Wildman–Crippen MR) is 96.5 cm³/mol. The van der Waals surface area contributed by atoms with Crippen molar-refractivity contribution >= 4 is 5.97 Å². The van der Waals surface area contributed by atoms with Crippen molar-refractivity contribution in [1.82, 2.24) is 4.98 Å². The van der Waals surface area contributed by atoms with Crippen LogP contribution in [0.4, 0.5) is 0 Å². The Balaban J connectivity index is 1.46. The number of nitrogens with zero attached hydrogens (tertiary/aromatic N) is 1. The van der Waals surface area contributed by atoms with Crippen LogP contribution in [0.2, 0.25) is 0 Å². The summed E-state index contributed by atoms with van der Waals surface area (Å²) in [5.74, 6) is -0.370. The van der Waals surface area contributed by atoms with Crippen LogP contribution >= 0.6 is 0 Å². The van der Waals surface area contributed by atoms with Crippen LogP contribution in [0.3, 0.4) is 0 Å². The molecule has 4 aliphatic heterocycles. The lowest BCUT2D eigenvalue weighted by molar-refractivity contribution is -0.576. The second-order valence-electron chi connectivity index (χ2n) is 8.91. The molecule has 0 amide bonds. The average molecular weight is 389 g/mol. The zero-order chi connectivity index (χ0) is 19.5. The van der Waals surface area contributed by atoms with Crippen LogP contribution in [0.5, 0.6) is 0 Å². The van der Waals surface area contributed by atoms with Gasteiger partial charge in [0.05, 0.1) is 5.56 Å². The normalized spacial score (nSPS) is 47.1. The number of fused-ring (bicyclic) bond motifs is 2. The lowest BCUT2D eigenvalue weighted by atomic mass is 9.58. The molecule has 1 aliphatic carbocycles. The van der Waals surface area contributed by atoms with E-state index in [9.17, 15) is 4.79 Å². The highest BCUT2D eigenvalue weighted by molar-refractivity contribution is 5.89. The first-order valence-corrected chi connectivity index (χ1v) is 10.2. The van der Waals surface area contributed by atoms with Crippen molar-refractivity contribution in [2.24, 2.45) is 23.7 Å². The molecule has 5 fully saturated rings. The van der Waals surface area contributed by atoms with Crippen molar-refractivity contribution in [2.75, 3.05) is 0 Å². The molecule has 0 aromatic carbocycles. The summed E-state index contributed by atoms with van der Waals surface area (Å²) in [6, 6.07) is 3.27. The Morgan fingerprint density at radius 2 is 1.93 bits per heavy atom. The smallest absolute Gasteiger partial charge is 0.340 e. The van der Waals surface area contributed by atoms with Gasteiger partial charge in [-0.25, -0.2) is 14.6 Å². The third-order valence-electron chi connectivity index (χ3n) is 7.24. The molecule has 1 spiro atoms. The first-order chi connectivity index (χ1) is 13.4. The topological polar surface area (TPSA) is 76.1 Å². The van der Waals surface area contributed by atoms with Gasteiger partial charge in [0.25, 0.3) is 0 Å². The van der Waals surface area contributed by atoms with Gasteiger partial charge in [0.1, 0.15) is 0 Å². The number of pyridine rings is 1. The second kappa shape index (κ2) is 6.49. The molecular formula is C21H27NO6. The number of hydrogen-bond acceptors (Lipinski definition) is 7. The number of carbonyl (C=O) groups is 1. The van der Waals surface area contributed by atoms with E-state index in [2.05, 4.69) is 18.8 Å². The highest BCUT2D eigenvalue weighted by atomic mass is 17.3. The van der Waals surface area contributed by atoms with E-state index < -0.39 is 29.9 Å². The lowest BCUT2D eigenvalue weighted by Gasteiger charge is -2.59. The van der Waals surface area contributed by atoms with Gasteiger partial charge in [-0.1, -0.05) is 13.8 Å². The maximum absolute atomic E-state index is 12.6. The van der Waals surface area contributed by atoms with E-state index in [0.29, 0.717) is 17.4 Å². The molecule has 28 heavy (non-hydrogen) atoms. The second-order valence-corrected chi connectivity index (χ2v) is 8.91. The Bertz CT molecular complexity index is 759. The van der Waals surface area contributed by atoms with Crippen molar-refractivity contribution in [1.29, 1.82) is 0 Å². The van der Waals surface area contributed by atoms with Gasteiger partial charge in [0, 0.05) is 30.7 Å². The van der Waals surface area contributed by atoms with Gasteiger partial charge >= 0.3 is 5.97 Å². The summed E-state index contributed by atoms with van der Waals surface area (Å²) in [4.78, 5) is 28.4. The van der Waals surface area contributed by atoms with E-state index in [0.717, 1.165) is 25.7 Å². The highest BCUT2D eigenvalue weighted by Crippen LogP contribution is 2.60. The molecule has 1 saturated carbocycles. The van der Waals surface area contributed by atoms with Gasteiger partial charge in [0.2, 0.25) is 12.1 Å². The van der Waals surface area contributed by atoms with E-state index in [1.54, 1.807) is 24.5 Å². The van der Waals surface area contributed by atoms with Gasteiger partial charge < -0.3 is 14.2 Å². The summed E-state index contributed by atoms with van der Waals surface area (Å²) >= 11 is 0. The molecule has 152 valence electrons. The van der Waals surface area contributed by atoms with Gasteiger partial charge in [-0.15, -0.1) is 0 Å². The van der Waals surface area contributed by atoms with Gasteiger partial charge in [0.15, 0.2) is 11.9 Å². The van der Waals surface area contributed by atoms with E-state index in [4.69, 9.17) is 24.0 Å². The zero-order valence-electron chi connectivity index (χ0n) is 16.5. The predicted octanol–water partition coefficient (Wildman–Crippen LogP) is 3.45. The molecule has 7 nitrogen and oxygen atoms in total. The zero-order valence-corrected chi connectivity index (χ0v) is 16.5. The SMILES string of the molecule is C[C@@H]1CCC2[C@@H](C)[C@@H](OC(=O)c3ccncc3)O[C@@H]3OC4(C)CCC1[C@@]23OO4. The maximum Gasteiger partial charge on any atom is 0.340 e. The van der Waals surface area contributed by atoms with Crippen LogP contribution < -0.4 is 0 Å². The molecular weight excluding hydrogens is 362 g/mol. The van der Waals surface area contributed by atoms with Crippen molar-refractivity contribution in [3.8, 4) is 0 Å². The Labute approximate surface area is 164 Å². The minimum atomic E-state index is -0.836. The summed E-state index contributed by atoms with van der Waals surface area (Å²) in [6.45, 7) is 6.22. The van der Waals surface area contributed by atoms with Crippen LogP contribution in [0.15, 0.2) is 24.5 Å². The number of esters is 1. The number of hydrogen-bond donors (Lipinski definition) is 0. The first-order valence-electron chi connectivity index (χ1n) is 10.2.